The van der Waals surface area contributed by atoms with Gasteiger partial charge in [-0.2, -0.15) is 8.42 Å². The van der Waals surface area contributed by atoms with Crippen LogP contribution in [0.25, 0.3) is 0 Å². The number of carbonyl (C=O) groups is 1. The van der Waals surface area contributed by atoms with E-state index in [0.717, 1.165) is 0 Å². The average Bonchev–Trinajstić information content (AvgIpc) is 1.99. The maximum atomic E-state index is 11.3. The molecular formula is C7H16N2O5S. The molecule has 0 atom stereocenters. The lowest BCUT2D eigenvalue weighted by Crippen LogP contribution is -2.41. The Balaban J connectivity index is 3.61. The van der Waals surface area contributed by atoms with Crippen molar-refractivity contribution in [3.63, 3.8) is 0 Å². The minimum absolute atomic E-state index is 0.0611. The van der Waals surface area contributed by atoms with Crippen molar-refractivity contribution < 1.29 is 21.9 Å². The highest BCUT2D eigenvalue weighted by molar-refractivity contribution is 7.80. The Kier molecular flexibility index (Phi) is 5.15. The van der Waals surface area contributed by atoms with Gasteiger partial charge in [0.05, 0.1) is 6.67 Å². The van der Waals surface area contributed by atoms with Crippen molar-refractivity contribution in [3.8, 4) is 0 Å². The van der Waals surface area contributed by atoms with Crippen LogP contribution in [0.1, 0.15) is 20.8 Å². The lowest BCUT2D eigenvalue weighted by atomic mass is 9.96. The van der Waals surface area contributed by atoms with Gasteiger partial charge in [0, 0.05) is 5.41 Å². The summed E-state index contributed by atoms with van der Waals surface area (Å²) in [7, 11) is -4.43. The first-order valence-corrected chi connectivity index (χ1v) is 5.60. The molecule has 0 fully saturated rings. The van der Waals surface area contributed by atoms with E-state index in [-0.39, 0.29) is 12.6 Å². The van der Waals surface area contributed by atoms with E-state index < -0.39 is 22.5 Å². The van der Waals surface area contributed by atoms with Crippen LogP contribution in [0, 0.1) is 5.41 Å². The first-order valence-electron chi connectivity index (χ1n) is 4.24. The van der Waals surface area contributed by atoms with Gasteiger partial charge >= 0.3 is 10.4 Å². The quantitative estimate of drug-likeness (QED) is 0.339. The van der Waals surface area contributed by atoms with Crippen LogP contribution in [0.5, 0.6) is 0 Å². The van der Waals surface area contributed by atoms with E-state index in [4.69, 9.17) is 4.55 Å². The van der Waals surface area contributed by atoms with Crippen LogP contribution in [0.4, 0.5) is 0 Å². The van der Waals surface area contributed by atoms with Crippen LogP contribution < -0.4 is 10.6 Å². The fourth-order valence-corrected chi connectivity index (χ4v) is 0.807. The summed E-state index contributed by atoms with van der Waals surface area (Å²) in [6, 6.07) is 0. The molecule has 0 bridgehead atoms. The number of amides is 1. The number of nitrogens with one attached hydrogen (secondary N) is 2. The summed E-state index contributed by atoms with van der Waals surface area (Å²) in [5.41, 5.74) is -0.508. The van der Waals surface area contributed by atoms with Gasteiger partial charge in [0.1, 0.15) is 6.73 Å². The third-order valence-corrected chi connectivity index (χ3v) is 1.78. The van der Waals surface area contributed by atoms with Gasteiger partial charge in [-0.25, -0.2) is 4.18 Å². The van der Waals surface area contributed by atoms with E-state index >= 15 is 0 Å². The van der Waals surface area contributed by atoms with Crippen molar-refractivity contribution in [2.45, 2.75) is 20.8 Å². The Morgan fingerprint density at radius 1 is 1.40 bits per heavy atom. The number of hydrogen-bond donors (Lipinski definition) is 3. The maximum Gasteiger partial charge on any atom is 0.398 e. The van der Waals surface area contributed by atoms with E-state index in [1.165, 1.54) is 0 Å². The van der Waals surface area contributed by atoms with Gasteiger partial charge in [-0.15, -0.1) is 0 Å². The summed E-state index contributed by atoms with van der Waals surface area (Å²) in [6.45, 7) is 4.90. The highest BCUT2D eigenvalue weighted by Gasteiger charge is 2.20. The molecule has 0 aliphatic carbocycles. The molecule has 15 heavy (non-hydrogen) atoms. The minimum atomic E-state index is -4.43. The molecule has 0 unspecified atom stereocenters. The molecule has 0 aromatic carbocycles. The Hall–Kier alpha value is -0.700. The first kappa shape index (κ1) is 14.3. The third-order valence-electron chi connectivity index (χ3n) is 1.37. The Bertz CT molecular complexity index is 306. The van der Waals surface area contributed by atoms with Gasteiger partial charge in [0.2, 0.25) is 5.91 Å². The maximum absolute atomic E-state index is 11.3. The zero-order valence-electron chi connectivity index (χ0n) is 8.90. The predicted molar refractivity (Wildman–Crippen MR) is 53.1 cm³/mol. The molecule has 0 aromatic rings. The largest absolute Gasteiger partial charge is 0.398 e. The molecule has 3 N–H and O–H groups in total. The number of hydrogen-bond acceptors (Lipinski definition) is 5. The monoisotopic (exact) mass is 240 g/mol. The van der Waals surface area contributed by atoms with Crippen LogP contribution in [-0.4, -0.2) is 32.3 Å². The van der Waals surface area contributed by atoms with Crippen LogP contribution in [0.2, 0.25) is 0 Å². The fourth-order valence-electron chi connectivity index (χ4n) is 0.575. The normalized spacial score (nSPS) is 12.5. The second-order valence-electron chi connectivity index (χ2n) is 3.87. The van der Waals surface area contributed by atoms with Crippen molar-refractivity contribution in [3.05, 3.63) is 0 Å². The van der Waals surface area contributed by atoms with Gasteiger partial charge < -0.3 is 5.32 Å². The zero-order chi connectivity index (χ0) is 12.1. The molecule has 0 rings (SSSR count). The van der Waals surface area contributed by atoms with Crippen LogP contribution in [0.15, 0.2) is 0 Å². The molecule has 1 amide bonds. The summed E-state index contributed by atoms with van der Waals surface area (Å²) in [6.07, 6.45) is 0. The van der Waals surface area contributed by atoms with Gasteiger partial charge in [-0.3, -0.25) is 14.7 Å². The standard InChI is InChI=1S/C7H16N2O5S/c1-7(2,3)6(10)9-4-8-5-14-15(11,12)13/h8H,4-5H2,1-3H3,(H,9,10)(H,11,12,13). The van der Waals surface area contributed by atoms with Crippen molar-refractivity contribution in [1.82, 2.24) is 10.6 Å². The second kappa shape index (κ2) is 5.40. The average molecular weight is 240 g/mol. The SMILES string of the molecule is CC(C)(C)C(=O)NCNCOS(=O)(=O)O. The van der Waals surface area contributed by atoms with E-state index in [1.807, 2.05) is 0 Å². The fraction of sp³-hybridized carbons (Fsp3) is 0.857. The summed E-state index contributed by atoms with van der Waals surface area (Å²) in [4.78, 5) is 11.3. The Labute approximate surface area is 89.1 Å². The molecule has 8 heteroatoms. The third kappa shape index (κ3) is 8.30. The van der Waals surface area contributed by atoms with Crippen LogP contribution in [0.3, 0.4) is 0 Å². The van der Waals surface area contributed by atoms with Crippen LogP contribution >= 0.6 is 0 Å². The van der Waals surface area contributed by atoms with E-state index in [1.54, 1.807) is 20.8 Å². The summed E-state index contributed by atoms with van der Waals surface area (Å²) >= 11 is 0. The van der Waals surface area contributed by atoms with Gasteiger partial charge in [0.15, 0.2) is 0 Å². The number of rotatable bonds is 5. The topological polar surface area (TPSA) is 105 Å². The van der Waals surface area contributed by atoms with Crippen molar-refractivity contribution in [1.29, 1.82) is 0 Å². The molecular weight excluding hydrogens is 224 g/mol. The molecule has 7 nitrogen and oxygen atoms in total. The lowest BCUT2D eigenvalue weighted by Gasteiger charge is -2.17. The summed E-state index contributed by atoms with van der Waals surface area (Å²) < 4.78 is 32.3. The van der Waals surface area contributed by atoms with E-state index in [2.05, 4.69) is 14.8 Å². The van der Waals surface area contributed by atoms with E-state index in [0.29, 0.717) is 0 Å². The van der Waals surface area contributed by atoms with Gasteiger partial charge in [0.25, 0.3) is 0 Å². The Morgan fingerprint density at radius 3 is 2.33 bits per heavy atom. The van der Waals surface area contributed by atoms with Gasteiger partial charge in [-0.05, 0) is 0 Å². The van der Waals surface area contributed by atoms with Gasteiger partial charge in [-0.1, -0.05) is 20.8 Å². The minimum Gasteiger partial charge on any atom is -0.343 e. The zero-order valence-corrected chi connectivity index (χ0v) is 9.72. The smallest absolute Gasteiger partial charge is 0.343 e. The lowest BCUT2D eigenvalue weighted by molar-refractivity contribution is -0.128. The van der Waals surface area contributed by atoms with Crippen molar-refractivity contribution >= 4 is 16.3 Å². The van der Waals surface area contributed by atoms with Crippen molar-refractivity contribution in [2.24, 2.45) is 5.41 Å². The molecule has 90 valence electrons. The predicted octanol–water partition coefficient (Wildman–Crippen LogP) is -0.527. The molecule has 0 aromatic heterocycles. The van der Waals surface area contributed by atoms with E-state index in [9.17, 15) is 13.2 Å². The second-order valence-corrected chi connectivity index (χ2v) is 4.96. The Morgan fingerprint density at radius 2 is 1.93 bits per heavy atom. The molecule has 0 heterocycles. The number of carbonyl (C=O) groups excluding carboxylic acids is 1. The molecule has 0 saturated carbocycles. The molecule has 0 aliphatic rings. The highest BCUT2D eigenvalue weighted by Crippen LogP contribution is 2.11. The summed E-state index contributed by atoms with van der Waals surface area (Å²) in [5.74, 6) is -0.179. The highest BCUT2D eigenvalue weighted by atomic mass is 32.3. The first-order chi connectivity index (χ1) is 6.63. The van der Waals surface area contributed by atoms with Crippen LogP contribution in [-0.2, 0) is 19.4 Å². The molecule has 0 spiro atoms. The summed E-state index contributed by atoms with van der Waals surface area (Å²) in [5, 5.41) is 4.95. The molecule has 0 radical (unpaired) electrons. The van der Waals surface area contributed by atoms with Crippen molar-refractivity contribution in [2.75, 3.05) is 13.4 Å². The molecule has 0 saturated heterocycles. The molecule has 0 aliphatic heterocycles.